The largest absolute Gasteiger partial charge is 0.507 e. The number of phenols is 1. The van der Waals surface area contributed by atoms with Crippen molar-refractivity contribution < 1.29 is 5.11 Å². The number of phenolic OH excluding ortho intramolecular Hbond substituents is 1. The summed E-state index contributed by atoms with van der Waals surface area (Å²) < 4.78 is 0. The number of hydrogen-bond acceptors (Lipinski definition) is 2. The predicted octanol–water partition coefficient (Wildman–Crippen LogP) is 4.21. The van der Waals surface area contributed by atoms with Crippen molar-refractivity contribution in [3.63, 3.8) is 0 Å². The summed E-state index contributed by atoms with van der Waals surface area (Å²) in [6.07, 6.45) is 1.91. The Morgan fingerprint density at radius 1 is 1.29 bits per heavy atom. The van der Waals surface area contributed by atoms with Crippen LogP contribution in [0.15, 0.2) is 12.1 Å². The first-order valence-corrected chi connectivity index (χ1v) is 6.04. The van der Waals surface area contributed by atoms with Crippen molar-refractivity contribution in [3.05, 3.63) is 28.3 Å². The maximum absolute atomic E-state index is 9.92. The van der Waals surface area contributed by atoms with Gasteiger partial charge in [0.25, 0.3) is 0 Å². The van der Waals surface area contributed by atoms with Crippen LogP contribution in [0.5, 0.6) is 5.75 Å². The van der Waals surface area contributed by atoms with Gasteiger partial charge in [0.15, 0.2) is 0 Å². The van der Waals surface area contributed by atoms with Gasteiger partial charge >= 0.3 is 0 Å². The summed E-state index contributed by atoms with van der Waals surface area (Å²) in [5.41, 5.74) is 7.60. The molecule has 17 heavy (non-hydrogen) atoms. The van der Waals surface area contributed by atoms with Crippen molar-refractivity contribution in [3.8, 4) is 5.75 Å². The molecular formula is C13H21Cl2NO. The molecule has 0 aromatic heterocycles. The molecule has 4 heteroatoms. The number of nitrogens with two attached hydrogens (primary N) is 1. The van der Waals surface area contributed by atoms with E-state index >= 15 is 0 Å². The van der Waals surface area contributed by atoms with Crippen LogP contribution in [-0.4, -0.2) is 5.11 Å². The molecule has 1 rings (SSSR count). The quantitative estimate of drug-likeness (QED) is 0.866. The summed E-state index contributed by atoms with van der Waals surface area (Å²) >= 11 is 5.96. The molecule has 98 valence electrons. The summed E-state index contributed by atoms with van der Waals surface area (Å²) in [7, 11) is 0. The van der Waals surface area contributed by atoms with Crippen LogP contribution in [0.3, 0.4) is 0 Å². The van der Waals surface area contributed by atoms with Crippen LogP contribution >= 0.6 is 24.0 Å². The fourth-order valence-electron chi connectivity index (χ4n) is 1.71. The predicted molar refractivity (Wildman–Crippen MR) is 76.1 cm³/mol. The van der Waals surface area contributed by atoms with Gasteiger partial charge < -0.3 is 10.8 Å². The highest BCUT2D eigenvalue weighted by Gasteiger charge is 2.14. The van der Waals surface area contributed by atoms with Crippen LogP contribution in [0, 0.1) is 12.8 Å². The Morgan fingerprint density at radius 2 is 1.88 bits per heavy atom. The zero-order valence-corrected chi connectivity index (χ0v) is 12.1. The third kappa shape index (κ3) is 4.74. The van der Waals surface area contributed by atoms with Gasteiger partial charge in [0.2, 0.25) is 0 Å². The molecule has 0 aliphatic heterocycles. The molecule has 2 nitrogen and oxygen atoms in total. The molecule has 0 bridgehead atoms. The first-order valence-electron chi connectivity index (χ1n) is 5.66. The van der Waals surface area contributed by atoms with E-state index < -0.39 is 0 Å². The maximum atomic E-state index is 9.92. The highest BCUT2D eigenvalue weighted by atomic mass is 35.5. The second-order valence-corrected chi connectivity index (χ2v) is 5.17. The van der Waals surface area contributed by atoms with E-state index in [-0.39, 0.29) is 24.2 Å². The first-order chi connectivity index (χ1) is 7.41. The number of hydrogen-bond donors (Lipinski definition) is 2. The average Bonchev–Trinajstić information content (AvgIpc) is 2.19. The van der Waals surface area contributed by atoms with Crippen molar-refractivity contribution in [1.82, 2.24) is 0 Å². The molecule has 1 atom stereocenters. The van der Waals surface area contributed by atoms with Crippen LogP contribution in [0.4, 0.5) is 0 Å². The van der Waals surface area contributed by atoms with Crippen molar-refractivity contribution in [1.29, 1.82) is 0 Å². The van der Waals surface area contributed by atoms with Gasteiger partial charge in [-0.15, -0.1) is 12.4 Å². The number of halogens is 2. The lowest BCUT2D eigenvalue weighted by atomic mass is 9.96. The summed E-state index contributed by atoms with van der Waals surface area (Å²) in [5, 5.41) is 10.5. The second kappa shape index (κ2) is 7.10. The van der Waals surface area contributed by atoms with Gasteiger partial charge in [-0.05, 0) is 43.4 Å². The Kier molecular flexibility index (Phi) is 6.91. The average molecular weight is 278 g/mol. The maximum Gasteiger partial charge on any atom is 0.123 e. The van der Waals surface area contributed by atoms with Gasteiger partial charge in [-0.25, -0.2) is 0 Å². The third-order valence-corrected chi connectivity index (χ3v) is 2.97. The Morgan fingerprint density at radius 3 is 2.41 bits per heavy atom. The van der Waals surface area contributed by atoms with Crippen LogP contribution in [0.2, 0.25) is 5.02 Å². The first kappa shape index (κ1) is 16.6. The molecule has 0 fully saturated rings. The Hall–Kier alpha value is -0.440. The lowest BCUT2D eigenvalue weighted by Gasteiger charge is -2.16. The van der Waals surface area contributed by atoms with Crippen molar-refractivity contribution in [2.75, 3.05) is 0 Å². The lowest BCUT2D eigenvalue weighted by molar-refractivity contribution is 0.445. The fourth-order valence-corrected chi connectivity index (χ4v) is 1.99. The van der Waals surface area contributed by atoms with E-state index in [0.717, 1.165) is 24.0 Å². The summed E-state index contributed by atoms with van der Waals surface area (Å²) in [4.78, 5) is 0. The molecule has 0 radical (unpaired) electrons. The molecule has 1 aromatic rings. The topological polar surface area (TPSA) is 46.2 Å². The minimum Gasteiger partial charge on any atom is -0.507 e. The molecule has 0 saturated carbocycles. The van der Waals surface area contributed by atoms with Crippen LogP contribution in [-0.2, 0) is 0 Å². The molecule has 0 heterocycles. The van der Waals surface area contributed by atoms with Crippen LogP contribution < -0.4 is 5.73 Å². The highest BCUT2D eigenvalue weighted by molar-refractivity contribution is 6.30. The van der Waals surface area contributed by atoms with Crippen molar-refractivity contribution in [2.45, 2.75) is 39.7 Å². The minimum absolute atomic E-state index is 0. The number of benzene rings is 1. The Labute approximate surface area is 115 Å². The van der Waals surface area contributed by atoms with E-state index in [1.165, 1.54) is 0 Å². The van der Waals surface area contributed by atoms with E-state index in [4.69, 9.17) is 17.3 Å². The molecule has 0 saturated heterocycles. The number of aromatic hydroxyl groups is 1. The fraction of sp³-hybridized carbons (Fsp3) is 0.538. The number of rotatable bonds is 4. The number of aryl methyl sites for hydroxylation is 1. The van der Waals surface area contributed by atoms with Crippen molar-refractivity contribution >= 4 is 24.0 Å². The van der Waals surface area contributed by atoms with E-state index in [9.17, 15) is 5.11 Å². The van der Waals surface area contributed by atoms with Gasteiger partial charge in [0.1, 0.15) is 5.75 Å². The SMILES string of the molecule is Cc1cc(Cl)cc([C@@H](N)CCC(C)C)c1O.Cl. The molecule has 0 aliphatic rings. The van der Waals surface area contributed by atoms with Gasteiger partial charge in [-0.1, -0.05) is 25.4 Å². The monoisotopic (exact) mass is 277 g/mol. The van der Waals surface area contributed by atoms with Crippen LogP contribution in [0.25, 0.3) is 0 Å². The van der Waals surface area contributed by atoms with Gasteiger partial charge in [-0.3, -0.25) is 0 Å². The van der Waals surface area contributed by atoms with E-state index in [1.807, 2.05) is 6.92 Å². The molecule has 3 N–H and O–H groups in total. The normalized spacial score (nSPS) is 12.4. The molecule has 0 amide bonds. The molecule has 1 aromatic carbocycles. The van der Waals surface area contributed by atoms with E-state index in [2.05, 4.69) is 13.8 Å². The third-order valence-electron chi connectivity index (χ3n) is 2.75. The van der Waals surface area contributed by atoms with E-state index in [1.54, 1.807) is 12.1 Å². The zero-order chi connectivity index (χ0) is 12.3. The smallest absolute Gasteiger partial charge is 0.123 e. The molecule has 0 spiro atoms. The molecule has 0 unspecified atom stereocenters. The molecule has 0 aliphatic carbocycles. The van der Waals surface area contributed by atoms with Crippen LogP contribution in [0.1, 0.15) is 43.9 Å². The van der Waals surface area contributed by atoms with Crippen molar-refractivity contribution in [2.24, 2.45) is 11.7 Å². The van der Waals surface area contributed by atoms with Gasteiger partial charge in [0.05, 0.1) is 0 Å². The summed E-state index contributed by atoms with van der Waals surface area (Å²) in [5.74, 6) is 0.897. The van der Waals surface area contributed by atoms with Gasteiger partial charge in [-0.2, -0.15) is 0 Å². The Bertz CT molecular complexity index is 367. The summed E-state index contributed by atoms with van der Waals surface area (Å²) in [6, 6.07) is 3.37. The molecular weight excluding hydrogens is 257 g/mol. The van der Waals surface area contributed by atoms with Gasteiger partial charge in [0, 0.05) is 16.6 Å². The van der Waals surface area contributed by atoms with E-state index in [0.29, 0.717) is 10.9 Å². The second-order valence-electron chi connectivity index (χ2n) is 4.74. The zero-order valence-electron chi connectivity index (χ0n) is 10.5. The lowest BCUT2D eigenvalue weighted by Crippen LogP contribution is -2.11. The minimum atomic E-state index is -0.139. The Balaban J connectivity index is 0.00000256. The summed E-state index contributed by atoms with van der Waals surface area (Å²) in [6.45, 7) is 6.16. The highest BCUT2D eigenvalue weighted by Crippen LogP contribution is 2.32. The standard InChI is InChI=1S/C13H20ClNO.ClH/c1-8(2)4-5-12(15)11-7-10(14)6-9(3)13(11)16;/h6-8,12,16H,4-5,15H2,1-3H3;1H/t12-;/m0./s1.